The van der Waals surface area contributed by atoms with E-state index in [2.05, 4.69) is 0 Å². The van der Waals surface area contributed by atoms with Crippen molar-refractivity contribution < 1.29 is 64.3 Å². The van der Waals surface area contributed by atoms with Gasteiger partial charge in [-0.1, -0.05) is 41.9 Å². The molecule has 0 radical (unpaired) electrons. The zero-order valence-electron chi connectivity index (χ0n) is 7.55. The van der Waals surface area contributed by atoms with E-state index in [1.165, 1.54) is 12.1 Å². The van der Waals surface area contributed by atoms with Gasteiger partial charge in [0, 0.05) is 5.03 Å². The van der Waals surface area contributed by atoms with E-state index in [-0.39, 0.29) is 62.4 Å². The Bertz CT molecular complexity index is 310. The molecule has 0 aromatic heterocycles. The van der Waals surface area contributed by atoms with E-state index in [4.69, 9.17) is 11.6 Å². The molecule has 0 amide bonds. The second kappa shape index (κ2) is 6.35. The Morgan fingerprint density at radius 1 is 1.14 bits per heavy atom. The summed E-state index contributed by atoms with van der Waals surface area (Å²) in [5, 5.41) is -0.270. The molecule has 0 atom stereocenters. The van der Waals surface area contributed by atoms with Gasteiger partial charge in [-0.05, 0) is 5.56 Å². The minimum absolute atomic E-state index is 0. The minimum atomic E-state index is -4.97. The molecule has 0 nitrogen and oxygen atoms in total. The molecule has 0 aliphatic carbocycles. The maximum Gasteiger partial charge on any atom is 1.00 e. The molecule has 6 heteroatoms. The third-order valence-corrected chi connectivity index (χ3v) is 1.73. The first kappa shape index (κ1) is 14.7. The van der Waals surface area contributed by atoms with Gasteiger partial charge in [0.2, 0.25) is 0 Å². The normalized spacial score (nSPS) is 12.1. The van der Waals surface area contributed by atoms with Crippen molar-refractivity contribution in [3.05, 3.63) is 41.9 Å². The average Bonchev–Trinajstić information content (AvgIpc) is 2.03. The van der Waals surface area contributed by atoms with Crippen LogP contribution in [0, 0.1) is 0 Å². The Hall–Kier alpha value is 0.741. The van der Waals surface area contributed by atoms with Gasteiger partial charge < -0.3 is 12.9 Å². The van der Waals surface area contributed by atoms with E-state index in [1.807, 2.05) is 0 Å². The first-order chi connectivity index (χ1) is 5.99. The van der Waals surface area contributed by atoms with Crippen molar-refractivity contribution in [2.45, 2.75) is 0 Å². The van der Waals surface area contributed by atoms with Gasteiger partial charge in [0.15, 0.2) is 0 Å². The molecule has 0 heterocycles. The number of hydrogen-bond acceptors (Lipinski definition) is 0. The average molecular weight is 244 g/mol. The summed E-state index contributed by atoms with van der Waals surface area (Å²) in [6.45, 7) is -4.97. The second-order valence-corrected chi connectivity index (χ2v) is 2.91. The van der Waals surface area contributed by atoms with Crippen LogP contribution in [-0.2, 0) is 0 Å². The SMILES string of the molecule is F[B-](F)(F)/C=C(\Cl)c1ccccc1.[K+]. The molecule has 0 fully saturated rings. The van der Waals surface area contributed by atoms with E-state index < -0.39 is 6.98 Å². The van der Waals surface area contributed by atoms with Crippen LogP contribution in [-0.4, -0.2) is 6.98 Å². The van der Waals surface area contributed by atoms with Crippen LogP contribution in [0.2, 0.25) is 0 Å². The fourth-order valence-corrected chi connectivity index (χ4v) is 1.13. The largest absolute Gasteiger partial charge is 1.00 e. The molecule has 0 N–H and O–H groups in total. The summed E-state index contributed by atoms with van der Waals surface area (Å²) in [7, 11) is 0. The summed E-state index contributed by atoms with van der Waals surface area (Å²) in [4.78, 5) is 0. The first-order valence-corrected chi connectivity index (χ1v) is 4.00. The van der Waals surface area contributed by atoms with Gasteiger partial charge in [-0.25, -0.2) is 0 Å². The van der Waals surface area contributed by atoms with Crippen molar-refractivity contribution in [3.8, 4) is 0 Å². The van der Waals surface area contributed by atoms with Crippen molar-refractivity contribution >= 4 is 23.6 Å². The number of rotatable bonds is 2. The molecular formula is C8H6BClF3K. The van der Waals surface area contributed by atoms with E-state index in [0.717, 1.165) is 0 Å². The van der Waals surface area contributed by atoms with E-state index in [1.54, 1.807) is 18.2 Å². The van der Waals surface area contributed by atoms with Gasteiger partial charge in [0.05, 0.1) is 0 Å². The van der Waals surface area contributed by atoms with Crippen molar-refractivity contribution in [1.29, 1.82) is 0 Å². The second-order valence-electron chi connectivity index (χ2n) is 2.51. The summed E-state index contributed by atoms with van der Waals surface area (Å²) in [6, 6.07) is 8.04. The van der Waals surface area contributed by atoms with Crippen LogP contribution in [0.4, 0.5) is 12.9 Å². The van der Waals surface area contributed by atoms with Gasteiger partial charge in [-0.3, -0.25) is 0 Å². The molecule has 0 saturated carbocycles. The number of hydrogen-bond donors (Lipinski definition) is 0. The molecule has 70 valence electrons. The smallest absolute Gasteiger partial charge is 0.445 e. The van der Waals surface area contributed by atoms with Crippen LogP contribution in [0.1, 0.15) is 5.56 Å². The monoisotopic (exact) mass is 244 g/mol. The molecular weight excluding hydrogens is 238 g/mol. The summed E-state index contributed by atoms with van der Waals surface area (Å²) in [5.74, 6) is 0.136. The van der Waals surface area contributed by atoms with Gasteiger partial charge in [0.1, 0.15) is 0 Å². The standard InChI is InChI=1S/C8H6BClF3.K/c10-8(6-9(11,12)13)7-4-2-1-3-5-7;/h1-6H;/q-1;+1/b8-6-;. The predicted molar refractivity (Wildman–Crippen MR) is 49.4 cm³/mol. The first-order valence-electron chi connectivity index (χ1n) is 3.63. The van der Waals surface area contributed by atoms with Crippen LogP contribution >= 0.6 is 11.6 Å². The molecule has 0 aliphatic heterocycles. The molecule has 0 saturated heterocycles. The van der Waals surface area contributed by atoms with Crippen LogP contribution in [0.5, 0.6) is 0 Å². The Morgan fingerprint density at radius 3 is 2.07 bits per heavy atom. The summed E-state index contributed by atoms with van der Waals surface area (Å²) < 4.78 is 35.7. The minimum Gasteiger partial charge on any atom is -0.445 e. The molecule has 0 aliphatic rings. The van der Waals surface area contributed by atoms with Gasteiger partial charge in [0.25, 0.3) is 0 Å². The molecule has 1 aromatic carbocycles. The van der Waals surface area contributed by atoms with Crippen molar-refractivity contribution in [2.75, 3.05) is 0 Å². The molecule has 1 rings (SSSR count). The molecule has 0 spiro atoms. The van der Waals surface area contributed by atoms with Crippen LogP contribution in [0.3, 0.4) is 0 Å². The summed E-state index contributed by atoms with van der Waals surface area (Å²) in [6.07, 6.45) is 0. The van der Waals surface area contributed by atoms with Gasteiger partial charge in [-0.2, -0.15) is 0 Å². The topological polar surface area (TPSA) is 0 Å². The Kier molecular flexibility index (Phi) is 6.69. The fraction of sp³-hybridized carbons (Fsp3) is 0. The zero-order valence-corrected chi connectivity index (χ0v) is 11.4. The predicted octanol–water partition coefficient (Wildman–Crippen LogP) is 0.657. The fourth-order valence-electron chi connectivity index (χ4n) is 0.860. The van der Waals surface area contributed by atoms with Gasteiger partial charge >= 0.3 is 58.4 Å². The number of benzene rings is 1. The quantitative estimate of drug-likeness (QED) is 0.671. The van der Waals surface area contributed by atoms with Crippen molar-refractivity contribution in [3.63, 3.8) is 0 Å². The molecule has 0 unspecified atom stereocenters. The van der Waals surface area contributed by atoms with Crippen molar-refractivity contribution in [1.82, 2.24) is 0 Å². The summed E-state index contributed by atoms with van der Waals surface area (Å²) in [5.41, 5.74) is 0.378. The Labute approximate surface area is 128 Å². The molecule has 0 bridgehead atoms. The maximum atomic E-state index is 11.9. The van der Waals surface area contributed by atoms with Gasteiger partial charge in [-0.15, -0.1) is 5.98 Å². The van der Waals surface area contributed by atoms with E-state index in [0.29, 0.717) is 5.56 Å². The maximum absolute atomic E-state index is 11.9. The Balaban J connectivity index is 0.00000169. The van der Waals surface area contributed by atoms with Crippen LogP contribution in [0.25, 0.3) is 5.03 Å². The molecule has 14 heavy (non-hydrogen) atoms. The third kappa shape index (κ3) is 5.58. The zero-order chi connectivity index (χ0) is 9.90. The molecule has 1 aromatic rings. The van der Waals surface area contributed by atoms with Crippen molar-refractivity contribution in [2.24, 2.45) is 0 Å². The third-order valence-electron chi connectivity index (χ3n) is 1.38. The Morgan fingerprint density at radius 2 is 1.64 bits per heavy atom. The number of halogens is 4. The van der Waals surface area contributed by atoms with Crippen LogP contribution < -0.4 is 51.4 Å². The van der Waals surface area contributed by atoms with E-state index in [9.17, 15) is 12.9 Å². The van der Waals surface area contributed by atoms with Crippen LogP contribution in [0.15, 0.2) is 36.3 Å². The van der Waals surface area contributed by atoms with E-state index >= 15 is 0 Å². The summed E-state index contributed by atoms with van der Waals surface area (Å²) >= 11 is 5.45.